The second kappa shape index (κ2) is 17.0. The fraction of sp³-hybridized carbons (Fsp3) is 0.500. The summed E-state index contributed by atoms with van der Waals surface area (Å²) in [5.74, 6) is -2.17. The van der Waals surface area contributed by atoms with E-state index in [9.17, 15) is 23.6 Å². The smallest absolute Gasteiger partial charge is 0.315 e. The van der Waals surface area contributed by atoms with Crippen molar-refractivity contribution in [3.63, 3.8) is 0 Å². The molecule has 0 spiro atoms. The summed E-state index contributed by atoms with van der Waals surface area (Å²) in [7, 11) is 0. The van der Waals surface area contributed by atoms with E-state index in [-0.39, 0.29) is 53.9 Å². The van der Waals surface area contributed by atoms with Crippen LogP contribution in [0.25, 0.3) is 0 Å². The molecule has 0 unspecified atom stereocenters. The molecule has 0 fully saturated rings. The molecule has 8 N–H and O–H groups in total. The van der Waals surface area contributed by atoms with Gasteiger partial charge in [-0.25, -0.2) is 14.2 Å². The molecule has 0 bridgehead atoms. The molecule has 0 aliphatic heterocycles. The maximum atomic E-state index is 13.4. The molecule has 0 aliphatic carbocycles. The number of thiazole rings is 1. The monoisotopic (exact) mass is 604 g/mol. The molecule has 1 heterocycles. The molecule has 0 saturated heterocycles. The lowest BCUT2D eigenvalue weighted by molar-refractivity contribution is -0.131. The summed E-state index contributed by atoms with van der Waals surface area (Å²) in [5, 5.41) is 12.8. The number of hydrogen-bond acceptors (Lipinski definition) is 7. The molecular formula is C28H41FN8O4S. The van der Waals surface area contributed by atoms with E-state index in [4.69, 9.17) is 11.5 Å². The third-order valence-electron chi connectivity index (χ3n) is 6.16. The first-order valence-corrected chi connectivity index (χ1v) is 14.6. The second-order valence-corrected chi connectivity index (χ2v) is 11.5. The van der Waals surface area contributed by atoms with Crippen molar-refractivity contribution in [2.45, 2.75) is 71.6 Å². The van der Waals surface area contributed by atoms with Crippen LogP contribution in [0.5, 0.6) is 0 Å². The Morgan fingerprint density at radius 2 is 1.67 bits per heavy atom. The molecule has 42 heavy (non-hydrogen) atoms. The molecule has 4 amide bonds. The van der Waals surface area contributed by atoms with Gasteiger partial charge in [0.15, 0.2) is 11.0 Å². The van der Waals surface area contributed by atoms with Gasteiger partial charge in [0.25, 0.3) is 0 Å². The molecular weight excluding hydrogens is 563 g/mol. The van der Waals surface area contributed by atoms with Crippen LogP contribution in [0.15, 0.2) is 40.8 Å². The van der Waals surface area contributed by atoms with Crippen molar-refractivity contribution in [2.75, 3.05) is 6.54 Å². The highest BCUT2D eigenvalue weighted by Gasteiger charge is 2.32. The maximum absolute atomic E-state index is 13.4. The largest absolute Gasteiger partial charge is 0.370 e. The summed E-state index contributed by atoms with van der Waals surface area (Å²) in [6.45, 7) is 7.75. The zero-order valence-corrected chi connectivity index (χ0v) is 25.2. The predicted octanol–water partition coefficient (Wildman–Crippen LogP) is 2.06. The normalized spacial score (nSPS) is 13.1. The number of carbonyl (C=O) groups excluding carboxylic acids is 4. The third kappa shape index (κ3) is 11.8. The van der Waals surface area contributed by atoms with Crippen molar-refractivity contribution in [3.8, 4) is 0 Å². The molecule has 0 saturated carbocycles. The van der Waals surface area contributed by atoms with Crippen LogP contribution in [0.4, 0.5) is 9.18 Å². The summed E-state index contributed by atoms with van der Waals surface area (Å²) in [4.78, 5) is 60.4. The van der Waals surface area contributed by atoms with Crippen LogP contribution < -0.4 is 32.7 Å². The number of guanidine groups is 1. The number of nitrogens with zero attached hydrogens (tertiary/aromatic N) is 2. The first kappa shape index (κ1) is 34.1. The van der Waals surface area contributed by atoms with Crippen molar-refractivity contribution in [1.82, 2.24) is 26.3 Å². The fourth-order valence-electron chi connectivity index (χ4n) is 4.01. The second-order valence-electron chi connectivity index (χ2n) is 10.6. The minimum atomic E-state index is -0.986. The SMILES string of the molecule is CC(C)C[C@H](NC(=O)NCc1ccc(F)cc1)C(=O)N[C@H](C(=O)N[C@@H](CCCN=C(N)N)C(=O)c1nccs1)C(C)C. The number of hydrogen-bond donors (Lipinski definition) is 6. The molecule has 14 heteroatoms. The van der Waals surface area contributed by atoms with Gasteiger partial charge in [-0.3, -0.25) is 19.4 Å². The molecule has 12 nitrogen and oxygen atoms in total. The Labute approximate surface area is 249 Å². The van der Waals surface area contributed by atoms with Gasteiger partial charge in [0.05, 0.1) is 6.04 Å². The zero-order valence-electron chi connectivity index (χ0n) is 24.4. The van der Waals surface area contributed by atoms with E-state index < -0.39 is 36.0 Å². The molecule has 0 aliphatic rings. The number of aromatic nitrogens is 1. The number of halogens is 1. The van der Waals surface area contributed by atoms with Gasteiger partial charge in [0.2, 0.25) is 17.6 Å². The number of ketones is 1. The van der Waals surface area contributed by atoms with Crippen molar-refractivity contribution >= 4 is 40.9 Å². The van der Waals surface area contributed by atoms with Gasteiger partial charge < -0.3 is 32.7 Å². The van der Waals surface area contributed by atoms with Crippen molar-refractivity contribution in [3.05, 3.63) is 52.2 Å². The number of nitrogens with two attached hydrogens (primary N) is 2. The third-order valence-corrected chi connectivity index (χ3v) is 6.95. The summed E-state index contributed by atoms with van der Waals surface area (Å²) < 4.78 is 13.2. The first-order valence-electron chi connectivity index (χ1n) is 13.8. The Balaban J connectivity index is 2.10. The van der Waals surface area contributed by atoms with Crippen molar-refractivity contribution in [2.24, 2.45) is 28.3 Å². The number of Topliss-reactive ketones (excluding diaryl/α,β-unsaturated/α-hetero) is 1. The first-order chi connectivity index (χ1) is 19.9. The summed E-state index contributed by atoms with van der Waals surface area (Å²) in [5.41, 5.74) is 11.4. The molecule has 2 rings (SSSR count). The molecule has 3 atom stereocenters. The number of rotatable bonds is 16. The molecule has 0 radical (unpaired) electrons. The number of carbonyl (C=O) groups is 4. The number of urea groups is 1. The number of amides is 4. The minimum Gasteiger partial charge on any atom is -0.370 e. The Hall–Kier alpha value is -4.07. The van der Waals surface area contributed by atoms with E-state index in [1.807, 2.05) is 13.8 Å². The van der Waals surface area contributed by atoms with E-state index in [2.05, 4.69) is 31.2 Å². The van der Waals surface area contributed by atoms with Crippen LogP contribution in [0.3, 0.4) is 0 Å². The highest BCUT2D eigenvalue weighted by Crippen LogP contribution is 2.13. The Morgan fingerprint density at radius 3 is 2.24 bits per heavy atom. The highest BCUT2D eigenvalue weighted by molar-refractivity contribution is 7.11. The maximum Gasteiger partial charge on any atom is 0.315 e. The summed E-state index contributed by atoms with van der Waals surface area (Å²) in [6, 6.07) is 2.28. The summed E-state index contributed by atoms with van der Waals surface area (Å²) >= 11 is 1.16. The Bertz CT molecular complexity index is 1200. The predicted molar refractivity (Wildman–Crippen MR) is 160 cm³/mol. The van der Waals surface area contributed by atoms with E-state index in [1.165, 1.54) is 18.3 Å². The quantitative estimate of drug-likeness (QED) is 0.0730. The van der Waals surface area contributed by atoms with Crippen LogP contribution in [0.1, 0.15) is 62.3 Å². The van der Waals surface area contributed by atoms with E-state index in [0.717, 1.165) is 11.3 Å². The van der Waals surface area contributed by atoms with Gasteiger partial charge in [0, 0.05) is 24.7 Å². The lowest BCUT2D eigenvalue weighted by Crippen LogP contribution is -2.58. The number of nitrogens with one attached hydrogen (secondary N) is 4. The Kier molecular flexibility index (Phi) is 13.8. The molecule has 230 valence electrons. The van der Waals surface area contributed by atoms with Gasteiger partial charge in [-0.15, -0.1) is 11.3 Å². The lowest BCUT2D eigenvalue weighted by atomic mass is 9.99. The van der Waals surface area contributed by atoms with E-state index >= 15 is 0 Å². The van der Waals surface area contributed by atoms with Gasteiger partial charge in [-0.05, 0) is 48.8 Å². The van der Waals surface area contributed by atoms with Crippen LogP contribution in [-0.4, -0.2) is 59.2 Å². The van der Waals surface area contributed by atoms with Crippen LogP contribution in [0, 0.1) is 17.7 Å². The minimum absolute atomic E-state index is 0.0509. The standard InChI is InChI=1S/C28H41FN8O4S/c1-16(2)14-21(36-28(41)34-15-18-7-9-19(29)10-8-18)24(39)37-22(17(3)4)25(40)35-20(6-5-11-33-27(30)31)23(38)26-32-12-13-42-26/h7-10,12-13,16-17,20-22H,5-6,11,14-15H2,1-4H3,(H,35,40)(H,37,39)(H4,30,31,33)(H2,34,36,41)/t20-,21-,22-/m0/s1. The van der Waals surface area contributed by atoms with Gasteiger partial charge in [0.1, 0.15) is 17.9 Å². The molecule has 1 aromatic heterocycles. The van der Waals surface area contributed by atoms with Crippen LogP contribution >= 0.6 is 11.3 Å². The van der Waals surface area contributed by atoms with E-state index in [0.29, 0.717) is 18.4 Å². The van der Waals surface area contributed by atoms with Crippen molar-refractivity contribution in [1.29, 1.82) is 0 Å². The van der Waals surface area contributed by atoms with Crippen LogP contribution in [-0.2, 0) is 16.1 Å². The van der Waals surface area contributed by atoms with Crippen LogP contribution in [0.2, 0.25) is 0 Å². The highest BCUT2D eigenvalue weighted by atomic mass is 32.1. The van der Waals surface area contributed by atoms with Gasteiger partial charge in [-0.2, -0.15) is 0 Å². The average Bonchev–Trinajstić information content (AvgIpc) is 3.46. The van der Waals surface area contributed by atoms with Crippen molar-refractivity contribution < 1.29 is 23.6 Å². The number of benzene rings is 1. The van der Waals surface area contributed by atoms with E-state index in [1.54, 1.807) is 31.4 Å². The van der Waals surface area contributed by atoms with Gasteiger partial charge in [-0.1, -0.05) is 39.8 Å². The lowest BCUT2D eigenvalue weighted by Gasteiger charge is -2.27. The Morgan fingerprint density at radius 1 is 0.976 bits per heavy atom. The zero-order chi connectivity index (χ0) is 31.2. The fourth-order valence-corrected chi connectivity index (χ4v) is 4.64. The van der Waals surface area contributed by atoms with Gasteiger partial charge >= 0.3 is 6.03 Å². The molecule has 2 aromatic rings. The summed E-state index contributed by atoms with van der Waals surface area (Å²) in [6.07, 6.45) is 2.50. The number of aliphatic imine (C=N–C) groups is 1. The topological polar surface area (TPSA) is 194 Å². The average molecular weight is 605 g/mol. The molecule has 1 aromatic carbocycles.